The highest BCUT2D eigenvalue weighted by Crippen LogP contribution is 2.55. The van der Waals surface area contributed by atoms with E-state index in [1.54, 1.807) is 10.5 Å². The number of carbonyl (C=O) groups is 2. The van der Waals surface area contributed by atoms with Crippen molar-refractivity contribution in [2.24, 2.45) is 9.98 Å². The quantitative estimate of drug-likeness (QED) is 0.286. The van der Waals surface area contributed by atoms with Gasteiger partial charge in [0.1, 0.15) is 11.2 Å². The van der Waals surface area contributed by atoms with Gasteiger partial charge in [-0.05, 0) is 131 Å². The lowest BCUT2D eigenvalue weighted by Gasteiger charge is -2.29. The lowest BCUT2D eigenvalue weighted by Crippen LogP contribution is -2.43. The van der Waals surface area contributed by atoms with Gasteiger partial charge >= 0.3 is 12.2 Å². The van der Waals surface area contributed by atoms with Crippen LogP contribution in [0.25, 0.3) is 22.3 Å². The molecular weight excluding hydrogens is 685 g/mol. The summed E-state index contributed by atoms with van der Waals surface area (Å²) in [5.74, 6) is 0. The van der Waals surface area contributed by atoms with Gasteiger partial charge < -0.3 is 9.47 Å². The van der Waals surface area contributed by atoms with Gasteiger partial charge in [0.2, 0.25) is 0 Å². The third kappa shape index (κ3) is 7.25. The van der Waals surface area contributed by atoms with E-state index in [0.29, 0.717) is 19.5 Å². The van der Waals surface area contributed by atoms with Crippen LogP contribution in [0.2, 0.25) is 0 Å². The molecule has 0 bridgehead atoms. The lowest BCUT2D eigenvalue weighted by atomic mass is 9.76. The Hall–Kier alpha value is -4.72. The predicted molar refractivity (Wildman–Crippen MR) is 221 cm³/mol. The zero-order chi connectivity index (χ0) is 38.9. The van der Waals surface area contributed by atoms with Crippen LogP contribution in [0, 0.1) is 0 Å². The van der Waals surface area contributed by atoms with Crippen molar-refractivity contribution in [2.75, 3.05) is 13.1 Å². The number of aliphatic imine (C=N–C) groups is 2. The molecule has 0 unspecified atom stereocenters. The summed E-state index contributed by atoms with van der Waals surface area (Å²) in [5, 5.41) is 0. The van der Waals surface area contributed by atoms with E-state index in [2.05, 4.69) is 68.6 Å². The van der Waals surface area contributed by atoms with E-state index in [1.165, 1.54) is 59.9 Å². The largest absolute Gasteiger partial charge is 0.444 e. The van der Waals surface area contributed by atoms with Gasteiger partial charge in [-0.1, -0.05) is 72.5 Å². The molecule has 0 radical (unpaired) electrons. The van der Waals surface area contributed by atoms with Gasteiger partial charge in [-0.15, -0.1) is 0 Å². The molecule has 288 valence electrons. The summed E-state index contributed by atoms with van der Waals surface area (Å²) in [6.45, 7) is 16.7. The number of nitrogens with zero attached hydrogens (tertiary/aromatic N) is 4. The van der Waals surface area contributed by atoms with E-state index < -0.39 is 11.2 Å². The maximum absolute atomic E-state index is 13.2. The molecule has 2 atom stereocenters. The van der Waals surface area contributed by atoms with E-state index in [0.717, 1.165) is 46.5 Å². The maximum Gasteiger partial charge on any atom is 0.411 e. The topological polar surface area (TPSA) is 83.8 Å². The van der Waals surface area contributed by atoms with Crippen LogP contribution < -0.4 is 0 Å². The second kappa shape index (κ2) is 13.8. The zero-order valence-electron chi connectivity index (χ0n) is 33.9. The van der Waals surface area contributed by atoms with E-state index >= 15 is 0 Å². The molecule has 2 aromatic carbocycles. The van der Waals surface area contributed by atoms with Gasteiger partial charge in [-0.3, -0.25) is 19.8 Å². The summed E-state index contributed by atoms with van der Waals surface area (Å²) in [6.07, 6.45) is 16.5. The monoisotopic (exact) mass is 740 g/mol. The minimum atomic E-state index is -0.553. The van der Waals surface area contributed by atoms with Crippen LogP contribution in [-0.4, -0.2) is 69.8 Å². The van der Waals surface area contributed by atoms with Crippen molar-refractivity contribution in [2.45, 2.75) is 135 Å². The first kappa shape index (κ1) is 37.2. The zero-order valence-corrected chi connectivity index (χ0v) is 33.9. The van der Waals surface area contributed by atoms with Crippen molar-refractivity contribution in [3.05, 3.63) is 94.4 Å². The summed E-state index contributed by atoms with van der Waals surface area (Å²) in [7, 11) is 0. The summed E-state index contributed by atoms with van der Waals surface area (Å²) in [6, 6.07) is 13.4. The smallest absolute Gasteiger partial charge is 0.411 e. The Morgan fingerprint density at radius 2 is 1.16 bits per heavy atom. The molecule has 1 spiro atoms. The highest BCUT2D eigenvalue weighted by molar-refractivity contribution is 6.05. The SMILES string of the molecule is CC1=C[C@@H](C2=NC=C(c3ccc(-c4ccc(C5=CN=C([C@@H]6C=C(C)CN6C(=O)OC(C)(C)C)C5)c5c4C4(CCCC4)CC5)cc3)C2)N(C(=O)OC(C)(C)C)C1. The number of rotatable bonds is 5. The Morgan fingerprint density at radius 1 is 0.673 bits per heavy atom. The Kier molecular flexibility index (Phi) is 9.33. The van der Waals surface area contributed by atoms with Crippen LogP contribution in [-0.2, 0) is 21.3 Å². The predicted octanol–water partition coefficient (Wildman–Crippen LogP) is 10.6. The number of carbonyl (C=O) groups excluding carboxylic acids is 2. The third-order valence-electron chi connectivity index (χ3n) is 12.0. The van der Waals surface area contributed by atoms with Crippen molar-refractivity contribution < 1.29 is 19.1 Å². The number of amides is 2. The van der Waals surface area contributed by atoms with Crippen molar-refractivity contribution in [3.63, 3.8) is 0 Å². The molecule has 8 heteroatoms. The Balaban J connectivity index is 1.01. The molecule has 0 aromatic heterocycles. The molecule has 2 aromatic rings. The third-order valence-corrected chi connectivity index (χ3v) is 12.0. The standard InChI is InChI=1S/C47H56N4O4/c1-29-21-40(50(27-29)43(52)54-45(3,4)5)38-23-33(25-48-38)31-11-13-32(14-12-31)36-16-15-35(37-17-20-47(42(36)37)18-9-10-19-47)34-24-39(49-26-34)41-22-30(2)28-51(41)44(53)55-46(6,7)8/h11-16,21-22,25-26,40-41H,9-10,17-20,23-24,27-28H2,1-8H3/t40-,41-/m0/s1. The molecule has 1 saturated carbocycles. The average Bonchev–Trinajstić information content (AvgIpc) is 3.96. The lowest BCUT2D eigenvalue weighted by molar-refractivity contribution is 0.0264. The van der Waals surface area contributed by atoms with Crippen molar-refractivity contribution in [3.8, 4) is 11.1 Å². The fourth-order valence-corrected chi connectivity index (χ4v) is 9.67. The summed E-state index contributed by atoms with van der Waals surface area (Å²) < 4.78 is 11.5. The molecule has 1 fully saturated rings. The average molecular weight is 741 g/mol. The van der Waals surface area contributed by atoms with Crippen LogP contribution >= 0.6 is 0 Å². The summed E-state index contributed by atoms with van der Waals surface area (Å²) >= 11 is 0. The highest BCUT2D eigenvalue weighted by atomic mass is 16.6. The van der Waals surface area contributed by atoms with Gasteiger partial charge in [0.05, 0.1) is 12.1 Å². The minimum absolute atomic E-state index is 0.185. The molecule has 2 amide bonds. The summed E-state index contributed by atoms with van der Waals surface area (Å²) in [4.78, 5) is 39.7. The molecule has 55 heavy (non-hydrogen) atoms. The normalized spacial score (nSPS) is 23.1. The second-order valence-electron chi connectivity index (χ2n) is 18.6. The number of ether oxygens (including phenoxy) is 2. The number of fused-ring (bicyclic) bond motifs is 2. The number of hydrogen-bond acceptors (Lipinski definition) is 6. The van der Waals surface area contributed by atoms with Crippen LogP contribution in [0.5, 0.6) is 0 Å². The van der Waals surface area contributed by atoms with Gasteiger partial charge in [-0.2, -0.15) is 0 Å². The maximum atomic E-state index is 13.2. The summed E-state index contributed by atoms with van der Waals surface area (Å²) in [5.41, 5.74) is 13.9. The molecule has 0 saturated heterocycles. The minimum Gasteiger partial charge on any atom is -0.444 e. The molecule has 2 aliphatic carbocycles. The van der Waals surface area contributed by atoms with Gasteiger partial charge in [0, 0.05) is 49.8 Å². The van der Waals surface area contributed by atoms with E-state index in [4.69, 9.17) is 19.5 Å². The van der Waals surface area contributed by atoms with Crippen LogP contribution in [0.4, 0.5) is 9.59 Å². The van der Waals surface area contributed by atoms with Crippen LogP contribution in [0.1, 0.15) is 123 Å². The Morgan fingerprint density at radius 3 is 1.71 bits per heavy atom. The molecule has 0 N–H and O–H groups in total. The molecule has 4 heterocycles. The first-order chi connectivity index (χ1) is 26.1. The highest BCUT2D eigenvalue weighted by Gasteiger charge is 2.44. The van der Waals surface area contributed by atoms with Gasteiger partial charge in [0.15, 0.2) is 0 Å². The van der Waals surface area contributed by atoms with Crippen LogP contribution in [0.3, 0.4) is 0 Å². The van der Waals surface area contributed by atoms with Crippen molar-refractivity contribution in [1.82, 2.24) is 9.80 Å². The number of allylic oxidation sites excluding steroid dienone is 2. The van der Waals surface area contributed by atoms with Gasteiger partial charge in [0.25, 0.3) is 0 Å². The first-order valence-electron chi connectivity index (χ1n) is 20.2. The first-order valence-corrected chi connectivity index (χ1v) is 20.2. The van der Waals surface area contributed by atoms with E-state index in [1.807, 2.05) is 52.6 Å². The van der Waals surface area contributed by atoms with Gasteiger partial charge in [-0.25, -0.2) is 9.59 Å². The van der Waals surface area contributed by atoms with Crippen LogP contribution in [0.15, 0.2) is 82.1 Å². The molecular formula is C47H56N4O4. The number of hydrogen-bond donors (Lipinski definition) is 0. The van der Waals surface area contributed by atoms with E-state index in [-0.39, 0.29) is 29.7 Å². The molecule has 8 rings (SSSR count). The molecule has 8 nitrogen and oxygen atoms in total. The fourth-order valence-electron chi connectivity index (χ4n) is 9.67. The van der Waals surface area contributed by atoms with Crippen molar-refractivity contribution in [1.29, 1.82) is 0 Å². The molecule has 6 aliphatic rings. The molecule has 4 aliphatic heterocycles. The Bertz CT molecular complexity index is 2110. The number of benzene rings is 2. The van der Waals surface area contributed by atoms with Crippen molar-refractivity contribution >= 4 is 34.8 Å². The van der Waals surface area contributed by atoms with E-state index in [9.17, 15) is 9.59 Å². The Labute approximate surface area is 326 Å². The second-order valence-corrected chi connectivity index (χ2v) is 18.6. The fraction of sp³-hybridized carbons (Fsp3) is 0.489.